The van der Waals surface area contributed by atoms with Gasteiger partial charge in [-0.05, 0) is 36.1 Å². The maximum absolute atomic E-state index is 13.1. The molecule has 0 bridgehead atoms. The highest BCUT2D eigenvalue weighted by Crippen LogP contribution is 2.36. The number of nitrogens with one attached hydrogen (secondary N) is 1. The SMILES string of the molecule is O=C(O)Cc1ccc(NC(=O)C2(c3ccccc3)CCOCC2)cc1. The first kappa shape index (κ1) is 17.2. The molecule has 0 aliphatic carbocycles. The lowest BCUT2D eigenvalue weighted by Crippen LogP contribution is -2.44. The first-order valence-electron chi connectivity index (χ1n) is 8.36. The molecule has 0 spiro atoms. The van der Waals surface area contributed by atoms with E-state index in [2.05, 4.69) is 5.32 Å². The molecule has 1 aliphatic heterocycles. The highest BCUT2D eigenvalue weighted by atomic mass is 16.5. The van der Waals surface area contributed by atoms with Crippen LogP contribution in [-0.4, -0.2) is 30.2 Å². The summed E-state index contributed by atoms with van der Waals surface area (Å²) < 4.78 is 5.46. The van der Waals surface area contributed by atoms with Gasteiger partial charge in [-0.2, -0.15) is 0 Å². The Labute approximate surface area is 146 Å². The number of carboxylic acid groups (broad SMARTS) is 1. The standard InChI is InChI=1S/C20H21NO4/c22-18(23)14-15-6-8-17(9-7-15)21-19(24)20(10-12-25-13-11-20)16-4-2-1-3-5-16/h1-9H,10-14H2,(H,21,24)(H,22,23). The van der Waals surface area contributed by atoms with Crippen molar-refractivity contribution >= 4 is 17.6 Å². The Balaban J connectivity index is 1.80. The van der Waals surface area contributed by atoms with Crippen LogP contribution in [0, 0.1) is 0 Å². The maximum atomic E-state index is 13.1. The molecular formula is C20H21NO4. The minimum Gasteiger partial charge on any atom is -0.481 e. The maximum Gasteiger partial charge on any atom is 0.307 e. The summed E-state index contributed by atoms with van der Waals surface area (Å²) in [7, 11) is 0. The molecule has 130 valence electrons. The average molecular weight is 339 g/mol. The van der Waals surface area contributed by atoms with Gasteiger partial charge in [0.05, 0.1) is 11.8 Å². The zero-order chi connectivity index (χ0) is 17.7. The minimum absolute atomic E-state index is 0.0283. The molecule has 1 fully saturated rings. The lowest BCUT2D eigenvalue weighted by molar-refractivity contribution is -0.136. The molecule has 1 amide bonds. The number of benzene rings is 2. The van der Waals surface area contributed by atoms with Gasteiger partial charge in [0.25, 0.3) is 0 Å². The normalized spacial score (nSPS) is 16.2. The van der Waals surface area contributed by atoms with Crippen LogP contribution in [0.2, 0.25) is 0 Å². The van der Waals surface area contributed by atoms with E-state index in [1.165, 1.54) is 0 Å². The number of carbonyl (C=O) groups excluding carboxylic acids is 1. The molecule has 0 radical (unpaired) electrons. The van der Waals surface area contributed by atoms with E-state index in [0.717, 1.165) is 5.56 Å². The summed E-state index contributed by atoms with van der Waals surface area (Å²) in [5.41, 5.74) is 1.77. The molecule has 0 aromatic heterocycles. The van der Waals surface area contributed by atoms with E-state index in [4.69, 9.17) is 9.84 Å². The Morgan fingerprint density at radius 2 is 1.64 bits per heavy atom. The number of ether oxygens (including phenoxy) is 1. The van der Waals surface area contributed by atoms with E-state index in [9.17, 15) is 9.59 Å². The van der Waals surface area contributed by atoms with E-state index >= 15 is 0 Å². The molecule has 2 aromatic carbocycles. The van der Waals surface area contributed by atoms with Gasteiger partial charge in [0.1, 0.15) is 0 Å². The molecule has 5 nitrogen and oxygen atoms in total. The van der Waals surface area contributed by atoms with E-state index in [1.54, 1.807) is 24.3 Å². The zero-order valence-electron chi connectivity index (χ0n) is 13.9. The van der Waals surface area contributed by atoms with Gasteiger partial charge in [-0.1, -0.05) is 42.5 Å². The third-order valence-electron chi connectivity index (χ3n) is 4.67. The van der Waals surface area contributed by atoms with Crippen LogP contribution in [0.15, 0.2) is 54.6 Å². The molecule has 0 atom stereocenters. The summed E-state index contributed by atoms with van der Waals surface area (Å²) >= 11 is 0. The first-order chi connectivity index (χ1) is 12.1. The molecule has 5 heteroatoms. The minimum atomic E-state index is -0.873. The molecule has 1 saturated heterocycles. The molecule has 2 N–H and O–H groups in total. The highest BCUT2D eigenvalue weighted by molar-refractivity contribution is 5.99. The third kappa shape index (κ3) is 3.88. The van der Waals surface area contributed by atoms with Crippen LogP contribution in [0.3, 0.4) is 0 Å². The van der Waals surface area contributed by atoms with E-state index in [-0.39, 0.29) is 12.3 Å². The van der Waals surface area contributed by atoms with Crippen molar-refractivity contribution < 1.29 is 19.4 Å². The van der Waals surface area contributed by atoms with Gasteiger partial charge in [0.2, 0.25) is 5.91 Å². The smallest absolute Gasteiger partial charge is 0.307 e. The summed E-state index contributed by atoms with van der Waals surface area (Å²) in [6.07, 6.45) is 1.25. The van der Waals surface area contributed by atoms with Gasteiger partial charge in [-0.15, -0.1) is 0 Å². The van der Waals surface area contributed by atoms with E-state index in [0.29, 0.717) is 37.3 Å². The average Bonchev–Trinajstić information content (AvgIpc) is 2.64. The number of carboxylic acids is 1. The summed E-state index contributed by atoms with van der Waals surface area (Å²) in [5.74, 6) is -0.921. The Morgan fingerprint density at radius 3 is 2.24 bits per heavy atom. The quantitative estimate of drug-likeness (QED) is 0.878. The van der Waals surface area contributed by atoms with Crippen molar-refractivity contribution in [2.75, 3.05) is 18.5 Å². The molecular weight excluding hydrogens is 318 g/mol. The van der Waals surface area contributed by atoms with Crippen molar-refractivity contribution in [2.24, 2.45) is 0 Å². The fourth-order valence-electron chi connectivity index (χ4n) is 3.26. The second-order valence-corrected chi connectivity index (χ2v) is 6.28. The van der Waals surface area contributed by atoms with E-state index < -0.39 is 11.4 Å². The molecule has 3 rings (SSSR count). The number of hydrogen-bond donors (Lipinski definition) is 2. The van der Waals surface area contributed by atoms with Crippen molar-refractivity contribution in [1.29, 1.82) is 0 Å². The number of hydrogen-bond acceptors (Lipinski definition) is 3. The topological polar surface area (TPSA) is 75.6 Å². The third-order valence-corrected chi connectivity index (χ3v) is 4.67. The Bertz CT molecular complexity index is 734. The van der Waals surface area contributed by atoms with Crippen LogP contribution in [0.1, 0.15) is 24.0 Å². The fourth-order valence-corrected chi connectivity index (χ4v) is 3.26. The number of amides is 1. The number of anilines is 1. The summed E-state index contributed by atoms with van der Waals surface area (Å²) in [6.45, 7) is 1.11. The summed E-state index contributed by atoms with van der Waals surface area (Å²) in [5, 5.41) is 11.8. The Morgan fingerprint density at radius 1 is 1.00 bits per heavy atom. The fraction of sp³-hybridized carbons (Fsp3) is 0.300. The van der Waals surface area contributed by atoms with Gasteiger partial charge >= 0.3 is 5.97 Å². The van der Waals surface area contributed by atoms with Gasteiger partial charge in [-0.3, -0.25) is 9.59 Å². The number of rotatable bonds is 5. The predicted octanol–water partition coefficient (Wildman–Crippen LogP) is 3.00. The van der Waals surface area contributed by atoms with Crippen LogP contribution >= 0.6 is 0 Å². The van der Waals surface area contributed by atoms with Crippen molar-refractivity contribution in [3.63, 3.8) is 0 Å². The predicted molar refractivity (Wildman–Crippen MR) is 94.6 cm³/mol. The molecule has 25 heavy (non-hydrogen) atoms. The van der Waals surface area contributed by atoms with Crippen LogP contribution in [0.25, 0.3) is 0 Å². The van der Waals surface area contributed by atoms with Crippen molar-refractivity contribution in [2.45, 2.75) is 24.7 Å². The molecule has 0 saturated carbocycles. The molecule has 1 heterocycles. The Hall–Kier alpha value is -2.66. The zero-order valence-corrected chi connectivity index (χ0v) is 13.9. The second kappa shape index (κ2) is 7.49. The van der Waals surface area contributed by atoms with Crippen LogP contribution < -0.4 is 5.32 Å². The number of aliphatic carboxylic acids is 1. The first-order valence-corrected chi connectivity index (χ1v) is 8.36. The van der Waals surface area contributed by atoms with Crippen LogP contribution in [0.5, 0.6) is 0 Å². The Kier molecular flexibility index (Phi) is 5.14. The molecule has 1 aliphatic rings. The van der Waals surface area contributed by atoms with Crippen LogP contribution in [-0.2, 0) is 26.2 Å². The largest absolute Gasteiger partial charge is 0.481 e. The van der Waals surface area contributed by atoms with Gasteiger partial charge in [0, 0.05) is 18.9 Å². The van der Waals surface area contributed by atoms with Gasteiger partial charge < -0.3 is 15.2 Å². The monoisotopic (exact) mass is 339 g/mol. The highest BCUT2D eigenvalue weighted by Gasteiger charge is 2.41. The lowest BCUT2D eigenvalue weighted by Gasteiger charge is -2.36. The van der Waals surface area contributed by atoms with Gasteiger partial charge in [0.15, 0.2) is 0 Å². The van der Waals surface area contributed by atoms with Crippen LogP contribution in [0.4, 0.5) is 5.69 Å². The van der Waals surface area contributed by atoms with Crippen molar-refractivity contribution in [3.8, 4) is 0 Å². The summed E-state index contributed by atoms with van der Waals surface area (Å²) in [6, 6.07) is 16.7. The molecule has 0 unspecified atom stereocenters. The van der Waals surface area contributed by atoms with E-state index in [1.807, 2.05) is 30.3 Å². The number of carbonyl (C=O) groups is 2. The van der Waals surface area contributed by atoms with Crippen molar-refractivity contribution in [3.05, 3.63) is 65.7 Å². The summed E-state index contributed by atoms with van der Waals surface area (Å²) in [4.78, 5) is 23.8. The van der Waals surface area contributed by atoms with Gasteiger partial charge in [-0.25, -0.2) is 0 Å². The second-order valence-electron chi connectivity index (χ2n) is 6.28. The lowest BCUT2D eigenvalue weighted by atomic mass is 9.73. The van der Waals surface area contributed by atoms with Crippen molar-refractivity contribution in [1.82, 2.24) is 0 Å². The molecule has 2 aromatic rings.